The third-order valence-corrected chi connectivity index (χ3v) is 2.88. The quantitative estimate of drug-likeness (QED) is 0.843. The van der Waals surface area contributed by atoms with E-state index in [0.29, 0.717) is 12.5 Å². The van der Waals surface area contributed by atoms with E-state index >= 15 is 0 Å². The van der Waals surface area contributed by atoms with Crippen molar-refractivity contribution < 1.29 is 13.6 Å². The van der Waals surface area contributed by atoms with Gasteiger partial charge in [0.05, 0.1) is 5.56 Å². The zero-order chi connectivity index (χ0) is 12.8. The largest absolute Gasteiger partial charge is 0.352 e. The minimum atomic E-state index is -0.701. The molecular weight excluding hydrogens is 224 g/mol. The second-order valence-corrected chi connectivity index (χ2v) is 4.02. The SMILES string of the molecule is CCC(CC)CNC(=O)c1cc(F)ccc1F. The summed E-state index contributed by atoms with van der Waals surface area (Å²) < 4.78 is 26.2. The number of amides is 1. The Morgan fingerprint density at radius 2 is 1.94 bits per heavy atom. The molecule has 0 aliphatic heterocycles. The summed E-state index contributed by atoms with van der Waals surface area (Å²) in [6.07, 6.45) is 1.89. The third kappa shape index (κ3) is 3.80. The zero-order valence-corrected chi connectivity index (χ0v) is 10.1. The molecule has 4 heteroatoms. The summed E-state index contributed by atoms with van der Waals surface area (Å²) >= 11 is 0. The van der Waals surface area contributed by atoms with Crippen LogP contribution in [0.2, 0.25) is 0 Å². The topological polar surface area (TPSA) is 29.1 Å². The molecule has 0 aromatic heterocycles. The Bertz CT molecular complexity index is 389. The highest BCUT2D eigenvalue weighted by Crippen LogP contribution is 2.10. The monoisotopic (exact) mass is 241 g/mol. The van der Waals surface area contributed by atoms with Gasteiger partial charge in [0.2, 0.25) is 0 Å². The van der Waals surface area contributed by atoms with Crippen LogP contribution < -0.4 is 5.32 Å². The Labute approximate surface area is 100 Å². The molecule has 0 aliphatic carbocycles. The van der Waals surface area contributed by atoms with Gasteiger partial charge in [-0.2, -0.15) is 0 Å². The smallest absolute Gasteiger partial charge is 0.254 e. The van der Waals surface area contributed by atoms with E-state index in [1.165, 1.54) is 0 Å². The van der Waals surface area contributed by atoms with Crippen LogP contribution in [0.1, 0.15) is 37.0 Å². The molecule has 2 nitrogen and oxygen atoms in total. The van der Waals surface area contributed by atoms with E-state index in [2.05, 4.69) is 5.32 Å². The molecule has 17 heavy (non-hydrogen) atoms. The van der Waals surface area contributed by atoms with Gasteiger partial charge in [-0.15, -0.1) is 0 Å². The molecule has 0 atom stereocenters. The molecule has 0 radical (unpaired) electrons. The second-order valence-electron chi connectivity index (χ2n) is 4.02. The van der Waals surface area contributed by atoms with Gasteiger partial charge >= 0.3 is 0 Å². The molecule has 1 rings (SSSR count). The fraction of sp³-hybridized carbons (Fsp3) is 0.462. The van der Waals surface area contributed by atoms with E-state index in [0.717, 1.165) is 31.0 Å². The first-order valence-corrected chi connectivity index (χ1v) is 5.81. The Morgan fingerprint density at radius 1 is 1.29 bits per heavy atom. The molecule has 0 heterocycles. The number of nitrogens with one attached hydrogen (secondary N) is 1. The van der Waals surface area contributed by atoms with Crippen molar-refractivity contribution >= 4 is 5.91 Å². The number of hydrogen-bond donors (Lipinski definition) is 1. The highest BCUT2D eigenvalue weighted by molar-refractivity contribution is 5.94. The molecule has 0 spiro atoms. The number of carbonyl (C=O) groups excluding carboxylic acids is 1. The number of carbonyl (C=O) groups is 1. The Morgan fingerprint density at radius 3 is 2.53 bits per heavy atom. The van der Waals surface area contributed by atoms with Gasteiger partial charge in [-0.05, 0) is 24.1 Å². The van der Waals surface area contributed by atoms with Crippen LogP contribution in [0.15, 0.2) is 18.2 Å². The number of hydrogen-bond acceptors (Lipinski definition) is 1. The lowest BCUT2D eigenvalue weighted by Crippen LogP contribution is -2.29. The van der Waals surface area contributed by atoms with Crippen LogP contribution in [0.25, 0.3) is 0 Å². The van der Waals surface area contributed by atoms with Gasteiger partial charge in [0.25, 0.3) is 5.91 Å². The molecule has 0 fully saturated rings. The van der Waals surface area contributed by atoms with Gasteiger partial charge in [0.15, 0.2) is 0 Å². The van der Waals surface area contributed by atoms with Gasteiger partial charge in [0.1, 0.15) is 11.6 Å². The lowest BCUT2D eigenvalue weighted by atomic mass is 10.0. The summed E-state index contributed by atoms with van der Waals surface area (Å²) in [6, 6.07) is 2.87. The van der Waals surface area contributed by atoms with Crippen LogP contribution in [0.4, 0.5) is 8.78 Å². The maximum absolute atomic E-state index is 13.3. The van der Waals surface area contributed by atoms with Crippen molar-refractivity contribution in [1.29, 1.82) is 0 Å². The van der Waals surface area contributed by atoms with Crippen LogP contribution in [-0.2, 0) is 0 Å². The predicted molar refractivity (Wildman–Crippen MR) is 62.8 cm³/mol. The molecular formula is C13H17F2NO. The van der Waals surface area contributed by atoms with E-state index in [4.69, 9.17) is 0 Å². The van der Waals surface area contributed by atoms with Crippen LogP contribution in [-0.4, -0.2) is 12.5 Å². The Kier molecular flexibility index (Phi) is 5.07. The molecule has 0 bridgehead atoms. The van der Waals surface area contributed by atoms with E-state index in [9.17, 15) is 13.6 Å². The maximum atomic E-state index is 13.3. The molecule has 0 unspecified atom stereocenters. The molecule has 0 saturated heterocycles. The number of rotatable bonds is 5. The Balaban J connectivity index is 2.66. The first-order valence-electron chi connectivity index (χ1n) is 5.81. The van der Waals surface area contributed by atoms with E-state index in [1.54, 1.807) is 0 Å². The maximum Gasteiger partial charge on any atom is 0.254 e. The normalized spacial score (nSPS) is 10.6. The van der Waals surface area contributed by atoms with E-state index < -0.39 is 17.5 Å². The second kappa shape index (κ2) is 6.33. The van der Waals surface area contributed by atoms with E-state index in [1.807, 2.05) is 13.8 Å². The van der Waals surface area contributed by atoms with Crippen molar-refractivity contribution in [1.82, 2.24) is 5.32 Å². The summed E-state index contributed by atoms with van der Waals surface area (Å²) in [5.41, 5.74) is -0.240. The molecule has 1 N–H and O–H groups in total. The van der Waals surface area contributed by atoms with Gasteiger partial charge < -0.3 is 5.32 Å². The average molecular weight is 241 g/mol. The van der Waals surface area contributed by atoms with Crippen molar-refractivity contribution in [2.45, 2.75) is 26.7 Å². The average Bonchev–Trinajstić information content (AvgIpc) is 2.33. The molecule has 1 aromatic rings. The van der Waals surface area contributed by atoms with Crippen LogP contribution >= 0.6 is 0 Å². The lowest BCUT2D eigenvalue weighted by Gasteiger charge is -2.13. The fourth-order valence-electron chi connectivity index (χ4n) is 1.58. The van der Waals surface area contributed by atoms with Crippen molar-refractivity contribution in [2.24, 2.45) is 5.92 Å². The number of halogens is 2. The summed E-state index contributed by atoms with van der Waals surface area (Å²) in [6.45, 7) is 4.55. The minimum Gasteiger partial charge on any atom is -0.352 e. The third-order valence-electron chi connectivity index (χ3n) is 2.88. The molecule has 1 amide bonds. The van der Waals surface area contributed by atoms with Crippen LogP contribution in [0, 0.1) is 17.6 Å². The fourth-order valence-corrected chi connectivity index (χ4v) is 1.58. The van der Waals surface area contributed by atoms with Crippen molar-refractivity contribution in [3.05, 3.63) is 35.4 Å². The molecule has 1 aromatic carbocycles. The first-order chi connectivity index (χ1) is 8.08. The first kappa shape index (κ1) is 13.6. The van der Waals surface area contributed by atoms with Gasteiger partial charge in [-0.1, -0.05) is 26.7 Å². The van der Waals surface area contributed by atoms with E-state index in [-0.39, 0.29) is 5.56 Å². The molecule has 0 aliphatic rings. The summed E-state index contributed by atoms with van der Waals surface area (Å²) in [7, 11) is 0. The minimum absolute atomic E-state index is 0.240. The Hall–Kier alpha value is -1.45. The van der Waals surface area contributed by atoms with Crippen LogP contribution in [0.5, 0.6) is 0 Å². The summed E-state index contributed by atoms with van der Waals surface area (Å²) in [5, 5.41) is 2.62. The van der Waals surface area contributed by atoms with Crippen LogP contribution in [0.3, 0.4) is 0 Å². The molecule has 0 saturated carbocycles. The predicted octanol–water partition coefficient (Wildman–Crippen LogP) is 3.13. The standard InChI is InChI=1S/C13H17F2NO/c1-3-9(4-2)8-16-13(17)11-7-10(14)5-6-12(11)15/h5-7,9H,3-4,8H2,1-2H3,(H,16,17). The highest BCUT2D eigenvalue weighted by Gasteiger charge is 2.13. The van der Waals surface area contributed by atoms with Gasteiger partial charge in [-0.25, -0.2) is 8.78 Å². The molecule has 94 valence electrons. The highest BCUT2D eigenvalue weighted by atomic mass is 19.1. The lowest BCUT2D eigenvalue weighted by molar-refractivity contribution is 0.0942. The summed E-state index contributed by atoms with van der Waals surface area (Å²) in [4.78, 5) is 11.6. The van der Waals surface area contributed by atoms with Gasteiger partial charge in [-0.3, -0.25) is 4.79 Å². The van der Waals surface area contributed by atoms with Crippen molar-refractivity contribution in [3.63, 3.8) is 0 Å². The summed E-state index contributed by atoms with van der Waals surface area (Å²) in [5.74, 6) is -1.50. The zero-order valence-electron chi connectivity index (χ0n) is 10.1. The van der Waals surface area contributed by atoms with Gasteiger partial charge in [0, 0.05) is 6.54 Å². The van der Waals surface area contributed by atoms with Crippen molar-refractivity contribution in [3.8, 4) is 0 Å². The van der Waals surface area contributed by atoms with Crippen molar-refractivity contribution in [2.75, 3.05) is 6.54 Å². The number of benzene rings is 1.